The summed E-state index contributed by atoms with van der Waals surface area (Å²) in [5.41, 5.74) is 0. The Kier molecular flexibility index (Phi) is 6.23. The third-order valence-electron chi connectivity index (χ3n) is 1.76. The standard InChI is InChI=1S/C10H19O2P/c1-10(2,13)9(5-3-7-11)6-4-8-12/h3-6,9,11-12H,7-8,13H2,1-2H3/b5-3+,6-4+. The third-order valence-corrected chi connectivity index (χ3v) is 2.14. The molecule has 13 heavy (non-hydrogen) atoms. The van der Waals surface area contributed by atoms with Crippen molar-refractivity contribution in [3.63, 3.8) is 0 Å². The predicted octanol–water partition coefficient (Wildman–Crippen LogP) is 1.35. The van der Waals surface area contributed by atoms with Gasteiger partial charge in [0, 0.05) is 5.92 Å². The van der Waals surface area contributed by atoms with Crippen LogP contribution >= 0.6 is 9.24 Å². The minimum atomic E-state index is 0.0390. The molecule has 1 unspecified atom stereocenters. The van der Waals surface area contributed by atoms with Crippen molar-refractivity contribution in [3.8, 4) is 0 Å². The molecule has 0 spiro atoms. The summed E-state index contributed by atoms with van der Waals surface area (Å²) in [7, 11) is 2.75. The fourth-order valence-corrected chi connectivity index (χ4v) is 1.20. The van der Waals surface area contributed by atoms with Gasteiger partial charge < -0.3 is 10.2 Å². The van der Waals surface area contributed by atoms with E-state index in [1.807, 2.05) is 12.2 Å². The molecule has 1 atom stereocenters. The summed E-state index contributed by atoms with van der Waals surface area (Å²) in [5.74, 6) is 0.219. The van der Waals surface area contributed by atoms with Crippen LogP contribution in [-0.2, 0) is 0 Å². The van der Waals surface area contributed by atoms with Gasteiger partial charge in [-0.3, -0.25) is 0 Å². The molecule has 0 saturated heterocycles. The van der Waals surface area contributed by atoms with Crippen molar-refractivity contribution < 1.29 is 10.2 Å². The zero-order chi connectivity index (χ0) is 10.3. The summed E-state index contributed by atoms with van der Waals surface area (Å²) < 4.78 is 0. The molecule has 0 saturated carbocycles. The zero-order valence-corrected chi connectivity index (χ0v) is 9.43. The number of rotatable bonds is 5. The average Bonchev–Trinajstić information content (AvgIpc) is 2.02. The summed E-state index contributed by atoms with van der Waals surface area (Å²) in [4.78, 5) is 0. The predicted molar refractivity (Wildman–Crippen MR) is 59.7 cm³/mol. The fraction of sp³-hybridized carbons (Fsp3) is 0.600. The van der Waals surface area contributed by atoms with E-state index < -0.39 is 0 Å². The van der Waals surface area contributed by atoms with Crippen molar-refractivity contribution in [2.75, 3.05) is 13.2 Å². The van der Waals surface area contributed by atoms with Gasteiger partial charge in [-0.1, -0.05) is 38.2 Å². The van der Waals surface area contributed by atoms with Gasteiger partial charge in [0.15, 0.2) is 0 Å². The molecular weight excluding hydrogens is 183 g/mol. The second-order valence-corrected chi connectivity index (χ2v) is 5.06. The lowest BCUT2D eigenvalue weighted by molar-refractivity contribution is 0.340. The maximum Gasteiger partial charge on any atom is 0.0612 e. The lowest BCUT2D eigenvalue weighted by Crippen LogP contribution is -2.20. The quantitative estimate of drug-likeness (QED) is 0.522. The highest BCUT2D eigenvalue weighted by Gasteiger charge is 2.19. The van der Waals surface area contributed by atoms with E-state index in [1.54, 1.807) is 12.2 Å². The first-order valence-corrected chi connectivity index (χ1v) is 4.94. The van der Waals surface area contributed by atoms with Crippen LogP contribution in [0.5, 0.6) is 0 Å². The summed E-state index contributed by atoms with van der Waals surface area (Å²) in [6.45, 7) is 4.30. The van der Waals surface area contributed by atoms with Gasteiger partial charge in [0.25, 0.3) is 0 Å². The Labute approximate surface area is 82.6 Å². The van der Waals surface area contributed by atoms with Crippen LogP contribution in [0.3, 0.4) is 0 Å². The first-order chi connectivity index (χ1) is 6.02. The summed E-state index contributed by atoms with van der Waals surface area (Å²) in [5, 5.41) is 17.3. The minimum absolute atomic E-state index is 0.0390. The van der Waals surface area contributed by atoms with E-state index in [4.69, 9.17) is 10.2 Å². The molecule has 0 heterocycles. The van der Waals surface area contributed by atoms with Gasteiger partial charge in [-0.25, -0.2) is 0 Å². The number of aliphatic hydroxyl groups excluding tert-OH is 2. The number of allylic oxidation sites excluding steroid dienone is 2. The molecule has 2 N–H and O–H groups in total. The van der Waals surface area contributed by atoms with Gasteiger partial charge in [0.1, 0.15) is 0 Å². The Morgan fingerprint density at radius 3 is 1.77 bits per heavy atom. The Bertz CT molecular complexity index is 166. The monoisotopic (exact) mass is 202 g/mol. The molecule has 0 radical (unpaired) electrons. The van der Waals surface area contributed by atoms with Crippen LogP contribution in [0.4, 0.5) is 0 Å². The lowest BCUT2D eigenvalue weighted by atomic mass is 9.94. The largest absolute Gasteiger partial charge is 0.392 e. The molecule has 0 aliphatic rings. The first-order valence-electron chi connectivity index (χ1n) is 4.36. The fourth-order valence-electron chi connectivity index (χ4n) is 0.975. The van der Waals surface area contributed by atoms with Gasteiger partial charge in [0.05, 0.1) is 13.2 Å². The van der Waals surface area contributed by atoms with Crippen LogP contribution in [0.25, 0.3) is 0 Å². The van der Waals surface area contributed by atoms with E-state index in [-0.39, 0.29) is 24.3 Å². The van der Waals surface area contributed by atoms with E-state index in [0.717, 1.165) is 0 Å². The van der Waals surface area contributed by atoms with Crippen LogP contribution in [0.2, 0.25) is 0 Å². The maximum absolute atomic E-state index is 8.64. The molecule has 76 valence electrons. The molecule has 0 aromatic carbocycles. The lowest BCUT2D eigenvalue weighted by Gasteiger charge is -2.25. The molecule has 0 aliphatic heterocycles. The SMILES string of the molecule is CC(C)(P)C(/C=C/CO)/C=C/CO. The van der Waals surface area contributed by atoms with E-state index in [2.05, 4.69) is 23.1 Å². The van der Waals surface area contributed by atoms with E-state index in [1.165, 1.54) is 0 Å². The molecule has 0 aromatic rings. The number of aliphatic hydroxyl groups is 2. The minimum Gasteiger partial charge on any atom is -0.392 e. The molecule has 0 aromatic heterocycles. The highest BCUT2D eigenvalue weighted by Crippen LogP contribution is 2.29. The Morgan fingerprint density at radius 2 is 1.54 bits per heavy atom. The van der Waals surface area contributed by atoms with Gasteiger partial charge in [-0.05, 0) is 5.16 Å². The van der Waals surface area contributed by atoms with Crippen molar-refractivity contribution in [1.29, 1.82) is 0 Å². The van der Waals surface area contributed by atoms with Gasteiger partial charge in [-0.2, -0.15) is 0 Å². The second kappa shape index (κ2) is 6.31. The van der Waals surface area contributed by atoms with Crippen LogP contribution in [0, 0.1) is 5.92 Å². The van der Waals surface area contributed by atoms with Crippen LogP contribution < -0.4 is 0 Å². The van der Waals surface area contributed by atoms with Crippen molar-refractivity contribution in [2.24, 2.45) is 5.92 Å². The van der Waals surface area contributed by atoms with E-state index in [9.17, 15) is 0 Å². The molecule has 0 aliphatic carbocycles. The summed E-state index contributed by atoms with van der Waals surface area (Å²) in [6, 6.07) is 0. The number of hydrogen-bond acceptors (Lipinski definition) is 2. The molecule has 0 fully saturated rings. The van der Waals surface area contributed by atoms with Crippen molar-refractivity contribution in [3.05, 3.63) is 24.3 Å². The molecule has 0 bridgehead atoms. The molecule has 0 amide bonds. The van der Waals surface area contributed by atoms with Crippen LogP contribution in [0.1, 0.15) is 13.8 Å². The molecule has 2 nitrogen and oxygen atoms in total. The third kappa shape index (κ3) is 5.98. The summed E-state index contributed by atoms with van der Waals surface area (Å²) >= 11 is 0. The Hall–Kier alpha value is -0.170. The van der Waals surface area contributed by atoms with Crippen LogP contribution in [0.15, 0.2) is 24.3 Å². The van der Waals surface area contributed by atoms with Gasteiger partial charge in [-0.15, -0.1) is 9.24 Å². The summed E-state index contributed by atoms with van der Waals surface area (Å²) in [6.07, 6.45) is 7.33. The highest BCUT2D eigenvalue weighted by atomic mass is 31.0. The number of hydrogen-bond donors (Lipinski definition) is 2. The zero-order valence-electron chi connectivity index (χ0n) is 8.27. The smallest absolute Gasteiger partial charge is 0.0612 e. The van der Waals surface area contributed by atoms with Crippen LogP contribution in [-0.4, -0.2) is 28.6 Å². The van der Waals surface area contributed by atoms with Crippen molar-refractivity contribution in [1.82, 2.24) is 0 Å². The molecule has 3 heteroatoms. The molecular formula is C10H19O2P. The molecule has 0 rings (SSSR count). The first kappa shape index (κ1) is 12.8. The van der Waals surface area contributed by atoms with E-state index in [0.29, 0.717) is 0 Å². The van der Waals surface area contributed by atoms with Gasteiger partial charge >= 0.3 is 0 Å². The topological polar surface area (TPSA) is 40.5 Å². The van der Waals surface area contributed by atoms with Crippen molar-refractivity contribution in [2.45, 2.75) is 19.0 Å². The average molecular weight is 202 g/mol. The van der Waals surface area contributed by atoms with Gasteiger partial charge in [0.2, 0.25) is 0 Å². The Morgan fingerprint density at radius 1 is 1.15 bits per heavy atom. The highest BCUT2D eigenvalue weighted by molar-refractivity contribution is 7.18. The maximum atomic E-state index is 8.64. The normalized spacial score (nSPS) is 13.7. The second-order valence-electron chi connectivity index (χ2n) is 3.57. The Balaban J connectivity index is 4.37. The van der Waals surface area contributed by atoms with E-state index >= 15 is 0 Å². The van der Waals surface area contributed by atoms with Crippen molar-refractivity contribution >= 4 is 9.24 Å².